The predicted molar refractivity (Wildman–Crippen MR) is 159 cm³/mol. The van der Waals surface area contributed by atoms with E-state index in [-0.39, 0.29) is 5.92 Å². The number of rotatable bonds is 10. The van der Waals surface area contributed by atoms with E-state index in [0.29, 0.717) is 28.7 Å². The van der Waals surface area contributed by atoms with Gasteiger partial charge in [0.15, 0.2) is 0 Å². The quantitative estimate of drug-likeness (QED) is 0.239. The van der Waals surface area contributed by atoms with Crippen LogP contribution in [-0.2, 0) is 0 Å². The zero-order valence-electron chi connectivity index (χ0n) is 24.1. The Labute approximate surface area is 240 Å². The average Bonchev–Trinajstić information content (AvgIpc) is 3.38. The minimum atomic E-state index is -0.967. The summed E-state index contributed by atoms with van der Waals surface area (Å²) in [4.78, 5) is 0. The Kier molecular flexibility index (Phi) is 8.08. The first-order chi connectivity index (χ1) is 20.0. The number of ether oxygens (including phenoxy) is 6. The van der Waals surface area contributed by atoms with Gasteiger partial charge in [-0.15, -0.1) is 0 Å². The minimum absolute atomic E-state index is 0.328. The molecular formula is C34H34O7. The van der Waals surface area contributed by atoms with Crippen LogP contribution in [0.3, 0.4) is 0 Å². The molecule has 1 aliphatic carbocycles. The fourth-order valence-electron chi connectivity index (χ4n) is 5.52. The van der Waals surface area contributed by atoms with E-state index < -0.39 is 6.10 Å². The highest BCUT2D eigenvalue weighted by molar-refractivity contribution is 6.04. The second-order valence-corrected chi connectivity index (χ2v) is 9.60. The third-order valence-electron chi connectivity index (χ3n) is 7.54. The Hall–Kier alpha value is -4.62. The molecule has 0 aliphatic heterocycles. The summed E-state index contributed by atoms with van der Waals surface area (Å²) < 4.78 is 33.7. The van der Waals surface area contributed by atoms with Crippen molar-refractivity contribution in [1.29, 1.82) is 0 Å². The number of methoxy groups -OCH3 is 6. The summed E-state index contributed by atoms with van der Waals surface area (Å²) >= 11 is 0. The Morgan fingerprint density at radius 1 is 0.561 bits per heavy atom. The summed E-state index contributed by atoms with van der Waals surface area (Å²) in [7, 11) is 9.78. The molecule has 0 bridgehead atoms. The summed E-state index contributed by atoms with van der Waals surface area (Å²) in [6, 6.07) is 25.0. The Morgan fingerprint density at radius 2 is 1.07 bits per heavy atom. The van der Waals surface area contributed by atoms with Gasteiger partial charge in [-0.1, -0.05) is 24.3 Å². The second-order valence-electron chi connectivity index (χ2n) is 9.60. The molecule has 0 amide bonds. The molecule has 0 saturated heterocycles. The lowest BCUT2D eigenvalue weighted by molar-refractivity contribution is 0.238. The predicted octanol–water partition coefficient (Wildman–Crippen LogP) is 6.53. The summed E-state index contributed by atoms with van der Waals surface area (Å²) in [6.07, 6.45) is -0.967. The molecule has 0 heterocycles. The van der Waals surface area contributed by atoms with E-state index in [1.54, 1.807) is 42.7 Å². The zero-order valence-corrected chi connectivity index (χ0v) is 24.1. The van der Waals surface area contributed by atoms with Crippen molar-refractivity contribution in [3.63, 3.8) is 0 Å². The van der Waals surface area contributed by atoms with Crippen molar-refractivity contribution < 1.29 is 33.5 Å². The highest BCUT2D eigenvalue weighted by atomic mass is 16.5. The summed E-state index contributed by atoms with van der Waals surface area (Å²) in [5.74, 6) is 3.71. The number of aliphatic hydroxyl groups is 1. The van der Waals surface area contributed by atoms with Gasteiger partial charge in [-0.25, -0.2) is 0 Å². The van der Waals surface area contributed by atoms with Crippen LogP contribution in [0.2, 0.25) is 0 Å². The van der Waals surface area contributed by atoms with Gasteiger partial charge in [0, 0.05) is 23.6 Å². The maximum Gasteiger partial charge on any atom is 0.127 e. The fraction of sp³-hybridized carbons (Fsp3) is 0.235. The van der Waals surface area contributed by atoms with Crippen molar-refractivity contribution in [1.82, 2.24) is 0 Å². The van der Waals surface area contributed by atoms with E-state index in [1.807, 2.05) is 78.9 Å². The van der Waals surface area contributed by atoms with E-state index >= 15 is 0 Å². The van der Waals surface area contributed by atoms with Crippen LogP contribution in [0.5, 0.6) is 34.5 Å². The highest BCUT2D eigenvalue weighted by Gasteiger charge is 2.40. The van der Waals surface area contributed by atoms with Gasteiger partial charge in [-0.05, 0) is 75.9 Å². The molecule has 0 spiro atoms. The number of fused-ring (bicyclic) bond motifs is 1. The molecule has 0 fully saturated rings. The molecule has 5 rings (SSSR count). The molecule has 0 aromatic heterocycles. The third kappa shape index (κ3) is 5.16. The lowest BCUT2D eigenvalue weighted by Gasteiger charge is -2.22. The standard InChI is InChI=1S/C34H34O7/c1-36-23-11-7-20(8-12-23)30-31(22-15-25(38-3)17-26(16-22)39-4)32-28(18-27(40-5)19-29(32)41-6)33(30)34(35)21-9-13-24(37-2)14-10-21/h7-19,31,34-35H,1-6H3. The van der Waals surface area contributed by atoms with E-state index in [2.05, 4.69) is 0 Å². The Morgan fingerprint density at radius 3 is 1.59 bits per heavy atom. The minimum Gasteiger partial charge on any atom is -0.497 e. The van der Waals surface area contributed by atoms with Gasteiger partial charge in [0.2, 0.25) is 0 Å². The Bertz CT molecular complexity index is 1530. The Balaban J connectivity index is 1.86. The van der Waals surface area contributed by atoms with Crippen molar-refractivity contribution in [2.75, 3.05) is 42.7 Å². The molecule has 7 nitrogen and oxygen atoms in total. The lowest BCUT2D eigenvalue weighted by Crippen LogP contribution is -2.05. The van der Waals surface area contributed by atoms with Crippen molar-refractivity contribution >= 4 is 11.1 Å². The first-order valence-electron chi connectivity index (χ1n) is 13.2. The van der Waals surface area contributed by atoms with Crippen LogP contribution in [0.1, 0.15) is 39.8 Å². The van der Waals surface area contributed by atoms with Gasteiger partial charge in [0.25, 0.3) is 0 Å². The van der Waals surface area contributed by atoms with Crippen LogP contribution in [0.25, 0.3) is 11.1 Å². The number of hydrogen-bond donors (Lipinski definition) is 1. The molecule has 1 aliphatic rings. The van der Waals surface area contributed by atoms with Crippen molar-refractivity contribution in [2.24, 2.45) is 0 Å². The van der Waals surface area contributed by atoms with Gasteiger partial charge in [-0.2, -0.15) is 0 Å². The molecule has 212 valence electrons. The molecule has 7 heteroatoms. The van der Waals surface area contributed by atoms with Crippen LogP contribution in [0.4, 0.5) is 0 Å². The second kappa shape index (κ2) is 11.9. The van der Waals surface area contributed by atoms with Crippen LogP contribution in [-0.4, -0.2) is 47.8 Å². The SMILES string of the molecule is COc1ccc(C2=C(C(O)c3ccc(OC)cc3)c3cc(OC)cc(OC)c3C2c2cc(OC)cc(OC)c2)cc1. The van der Waals surface area contributed by atoms with Gasteiger partial charge in [0.1, 0.15) is 40.6 Å². The molecule has 2 unspecified atom stereocenters. The smallest absolute Gasteiger partial charge is 0.127 e. The molecule has 4 aromatic carbocycles. The van der Waals surface area contributed by atoms with E-state index in [4.69, 9.17) is 28.4 Å². The summed E-state index contributed by atoms with van der Waals surface area (Å²) in [6.45, 7) is 0. The van der Waals surface area contributed by atoms with Crippen LogP contribution in [0, 0.1) is 0 Å². The summed E-state index contributed by atoms with van der Waals surface area (Å²) in [5.41, 5.74) is 6.00. The first-order valence-corrected chi connectivity index (χ1v) is 13.2. The number of benzene rings is 4. The molecule has 0 saturated carbocycles. The zero-order chi connectivity index (χ0) is 29.1. The van der Waals surface area contributed by atoms with Crippen LogP contribution >= 0.6 is 0 Å². The van der Waals surface area contributed by atoms with Crippen molar-refractivity contribution in [2.45, 2.75) is 12.0 Å². The molecule has 2 atom stereocenters. The fourth-order valence-corrected chi connectivity index (χ4v) is 5.52. The van der Waals surface area contributed by atoms with Gasteiger partial charge >= 0.3 is 0 Å². The van der Waals surface area contributed by atoms with E-state index in [1.165, 1.54) is 0 Å². The molecular weight excluding hydrogens is 520 g/mol. The average molecular weight is 555 g/mol. The van der Waals surface area contributed by atoms with E-state index in [0.717, 1.165) is 44.7 Å². The van der Waals surface area contributed by atoms with Crippen molar-refractivity contribution in [3.05, 3.63) is 107 Å². The first kappa shape index (κ1) is 27.9. The van der Waals surface area contributed by atoms with Gasteiger partial charge in [0.05, 0.1) is 42.7 Å². The number of hydrogen-bond acceptors (Lipinski definition) is 7. The van der Waals surface area contributed by atoms with Crippen molar-refractivity contribution in [3.8, 4) is 34.5 Å². The molecule has 1 N–H and O–H groups in total. The third-order valence-corrected chi connectivity index (χ3v) is 7.54. The summed E-state index contributed by atoms with van der Waals surface area (Å²) in [5, 5.41) is 12.1. The van der Waals surface area contributed by atoms with E-state index in [9.17, 15) is 5.11 Å². The van der Waals surface area contributed by atoms with Gasteiger partial charge in [-0.3, -0.25) is 0 Å². The maximum absolute atomic E-state index is 12.1. The van der Waals surface area contributed by atoms with Crippen LogP contribution < -0.4 is 28.4 Å². The topological polar surface area (TPSA) is 75.6 Å². The molecule has 4 aromatic rings. The number of aliphatic hydroxyl groups excluding tert-OH is 1. The molecule has 41 heavy (non-hydrogen) atoms. The number of allylic oxidation sites excluding steroid dienone is 1. The lowest BCUT2D eigenvalue weighted by atomic mass is 9.83. The maximum atomic E-state index is 12.1. The largest absolute Gasteiger partial charge is 0.497 e. The van der Waals surface area contributed by atoms with Crippen LogP contribution in [0.15, 0.2) is 78.9 Å². The highest BCUT2D eigenvalue weighted by Crippen LogP contribution is 2.58. The normalized spacial score (nSPS) is 14.8. The monoisotopic (exact) mass is 554 g/mol. The molecule has 0 radical (unpaired) electrons. The van der Waals surface area contributed by atoms with Gasteiger partial charge < -0.3 is 33.5 Å².